The lowest BCUT2D eigenvalue weighted by Crippen LogP contribution is -2.09. The average Bonchev–Trinajstić information content (AvgIpc) is 2.46. The maximum atomic E-state index is 6.33. The fourth-order valence-electron chi connectivity index (χ4n) is 2.03. The van der Waals surface area contributed by atoms with E-state index in [9.17, 15) is 0 Å². The molecule has 1 unspecified atom stereocenters. The zero-order valence-corrected chi connectivity index (χ0v) is 14.8. The van der Waals surface area contributed by atoms with Crippen molar-refractivity contribution in [1.82, 2.24) is 9.97 Å². The van der Waals surface area contributed by atoms with Crippen LogP contribution < -0.4 is 0 Å². The number of rotatable bonds is 5. The Morgan fingerprint density at radius 3 is 2.29 bits per heavy atom. The molecule has 0 saturated heterocycles. The number of ether oxygens (including phenoxy) is 1. The normalized spacial score (nSPS) is 12.4. The quantitative estimate of drug-likeness (QED) is 0.615. The van der Waals surface area contributed by atoms with E-state index in [4.69, 9.17) is 27.9 Å². The highest BCUT2D eigenvalue weighted by molar-refractivity contribution is 9.10. The monoisotopic (exact) mass is 388 g/mol. The highest BCUT2D eigenvalue weighted by Gasteiger charge is 2.20. The number of benzene rings is 1. The number of aromatic nitrogens is 2. The summed E-state index contributed by atoms with van der Waals surface area (Å²) in [5.74, 6) is 0.519. The van der Waals surface area contributed by atoms with Crippen molar-refractivity contribution >= 4 is 39.1 Å². The lowest BCUT2D eigenvalue weighted by atomic mass is 10.1. The summed E-state index contributed by atoms with van der Waals surface area (Å²) in [5, 5.41) is 0.658. The van der Waals surface area contributed by atoms with E-state index in [0.717, 1.165) is 16.5 Å². The van der Waals surface area contributed by atoms with Gasteiger partial charge in [0, 0.05) is 16.6 Å². The first-order valence-corrected chi connectivity index (χ1v) is 8.22. The molecule has 1 heterocycles. The number of nitrogens with zero attached hydrogens (tertiary/aromatic N) is 2. The fraction of sp³-hybridized carbons (Fsp3) is 0.333. The molecule has 0 spiro atoms. The summed E-state index contributed by atoms with van der Waals surface area (Å²) in [4.78, 5) is 8.73. The van der Waals surface area contributed by atoms with Crippen molar-refractivity contribution in [3.63, 3.8) is 0 Å². The molecule has 0 bridgehead atoms. The van der Waals surface area contributed by atoms with Crippen LogP contribution in [0.5, 0.6) is 0 Å². The molecule has 112 valence electrons. The summed E-state index contributed by atoms with van der Waals surface area (Å²) in [6, 6.07) is 7.67. The highest BCUT2D eigenvalue weighted by atomic mass is 79.9. The summed E-state index contributed by atoms with van der Waals surface area (Å²) < 4.78 is 6.50. The molecule has 1 atom stereocenters. The predicted octanol–water partition coefficient (Wildman–Crippen LogP) is 5.70. The maximum Gasteiger partial charge on any atom is 0.160 e. The number of hydrogen-bond acceptors (Lipinski definition) is 3. The summed E-state index contributed by atoms with van der Waals surface area (Å²) in [6.07, 6.45) is 0.563. The minimum absolute atomic E-state index is 0.196. The third-order valence-corrected chi connectivity index (χ3v) is 4.25. The molecule has 2 aromatic rings. The molecule has 1 aromatic carbocycles. The van der Waals surface area contributed by atoms with Gasteiger partial charge in [0.2, 0.25) is 0 Å². The standard InChI is InChI=1S/C15H15BrCl2N2O/c1-3-11(21-4-2)15-19-13(17)12(14(18)20-15)9-7-5-6-8-10(9)16/h5-8,11H,3-4H2,1-2H3. The first-order valence-electron chi connectivity index (χ1n) is 6.67. The van der Waals surface area contributed by atoms with Crippen molar-refractivity contribution in [2.75, 3.05) is 6.61 Å². The molecule has 0 saturated carbocycles. The molecule has 2 rings (SSSR count). The summed E-state index contributed by atoms with van der Waals surface area (Å²) >= 11 is 16.2. The molecule has 0 aliphatic heterocycles. The van der Waals surface area contributed by atoms with Crippen LogP contribution in [0, 0.1) is 0 Å². The van der Waals surface area contributed by atoms with Crippen LogP contribution >= 0.6 is 39.1 Å². The van der Waals surface area contributed by atoms with Crippen LogP contribution in [0.1, 0.15) is 32.2 Å². The van der Waals surface area contributed by atoms with E-state index in [0.29, 0.717) is 28.3 Å². The summed E-state index contributed by atoms with van der Waals surface area (Å²) in [7, 11) is 0. The molecular formula is C15H15BrCl2N2O. The second-order valence-corrected chi connectivity index (χ2v) is 5.94. The van der Waals surface area contributed by atoms with E-state index in [1.807, 2.05) is 38.1 Å². The van der Waals surface area contributed by atoms with E-state index in [1.165, 1.54) is 0 Å². The Kier molecular flexibility index (Phi) is 5.99. The van der Waals surface area contributed by atoms with Gasteiger partial charge in [0.25, 0.3) is 0 Å². The average molecular weight is 390 g/mol. The maximum absolute atomic E-state index is 6.33. The smallest absolute Gasteiger partial charge is 0.160 e. The van der Waals surface area contributed by atoms with Crippen LogP contribution in [0.3, 0.4) is 0 Å². The molecule has 21 heavy (non-hydrogen) atoms. The Balaban J connectivity index is 2.50. The molecular weight excluding hydrogens is 375 g/mol. The van der Waals surface area contributed by atoms with E-state index >= 15 is 0 Å². The molecule has 0 N–H and O–H groups in total. The summed E-state index contributed by atoms with van der Waals surface area (Å²) in [5.41, 5.74) is 1.49. The Hall–Kier alpha value is -0.680. The van der Waals surface area contributed by atoms with Gasteiger partial charge in [-0.3, -0.25) is 0 Å². The van der Waals surface area contributed by atoms with Gasteiger partial charge in [-0.25, -0.2) is 9.97 Å². The first kappa shape index (κ1) is 16.7. The van der Waals surface area contributed by atoms with Gasteiger partial charge in [-0.2, -0.15) is 0 Å². The van der Waals surface area contributed by atoms with Gasteiger partial charge in [0.15, 0.2) is 5.82 Å². The largest absolute Gasteiger partial charge is 0.371 e. The second kappa shape index (κ2) is 7.54. The van der Waals surface area contributed by atoms with Crippen LogP contribution in [0.25, 0.3) is 11.1 Å². The Bertz CT molecular complexity index is 614. The van der Waals surface area contributed by atoms with Crippen LogP contribution in [-0.2, 0) is 4.74 Å². The van der Waals surface area contributed by atoms with Crippen molar-refractivity contribution in [2.45, 2.75) is 26.4 Å². The van der Waals surface area contributed by atoms with Gasteiger partial charge in [-0.15, -0.1) is 0 Å². The van der Waals surface area contributed by atoms with Crippen molar-refractivity contribution < 1.29 is 4.74 Å². The molecule has 0 radical (unpaired) electrons. The molecule has 1 aromatic heterocycles. The molecule has 6 heteroatoms. The lowest BCUT2D eigenvalue weighted by molar-refractivity contribution is 0.0535. The van der Waals surface area contributed by atoms with E-state index in [1.54, 1.807) is 0 Å². The van der Waals surface area contributed by atoms with E-state index < -0.39 is 0 Å². The molecule has 0 aliphatic carbocycles. The highest BCUT2D eigenvalue weighted by Crippen LogP contribution is 2.37. The number of hydrogen-bond donors (Lipinski definition) is 0. The Labute approximate surface area is 142 Å². The zero-order chi connectivity index (χ0) is 15.4. The van der Waals surface area contributed by atoms with Crippen molar-refractivity contribution in [2.24, 2.45) is 0 Å². The SMILES string of the molecule is CCOC(CC)c1nc(Cl)c(-c2ccccc2Br)c(Cl)n1. The fourth-order valence-corrected chi connectivity index (χ4v) is 3.12. The van der Waals surface area contributed by atoms with E-state index in [-0.39, 0.29) is 6.10 Å². The molecule has 0 amide bonds. The van der Waals surface area contributed by atoms with Gasteiger partial charge in [0.05, 0.1) is 5.56 Å². The summed E-state index contributed by atoms with van der Waals surface area (Å²) in [6.45, 7) is 4.53. The molecule has 0 fully saturated rings. The van der Waals surface area contributed by atoms with Gasteiger partial charge in [-0.1, -0.05) is 64.3 Å². The number of halogens is 3. The molecule has 0 aliphatic rings. The van der Waals surface area contributed by atoms with Crippen molar-refractivity contribution in [3.8, 4) is 11.1 Å². The zero-order valence-electron chi connectivity index (χ0n) is 11.7. The topological polar surface area (TPSA) is 35.0 Å². The van der Waals surface area contributed by atoms with Crippen LogP contribution in [-0.4, -0.2) is 16.6 Å². The minimum Gasteiger partial charge on any atom is -0.371 e. The van der Waals surface area contributed by atoms with E-state index in [2.05, 4.69) is 25.9 Å². The van der Waals surface area contributed by atoms with Crippen LogP contribution in [0.15, 0.2) is 28.7 Å². The van der Waals surface area contributed by atoms with Crippen LogP contribution in [0.4, 0.5) is 0 Å². The third kappa shape index (κ3) is 3.75. The molecule has 3 nitrogen and oxygen atoms in total. The van der Waals surface area contributed by atoms with Crippen molar-refractivity contribution in [3.05, 3.63) is 44.9 Å². The van der Waals surface area contributed by atoms with Crippen LogP contribution in [0.2, 0.25) is 10.3 Å². The predicted molar refractivity (Wildman–Crippen MR) is 89.8 cm³/mol. The third-order valence-electron chi connectivity index (χ3n) is 3.01. The Morgan fingerprint density at radius 2 is 1.76 bits per heavy atom. The van der Waals surface area contributed by atoms with Gasteiger partial charge >= 0.3 is 0 Å². The lowest BCUT2D eigenvalue weighted by Gasteiger charge is -2.16. The van der Waals surface area contributed by atoms with Crippen molar-refractivity contribution in [1.29, 1.82) is 0 Å². The second-order valence-electron chi connectivity index (χ2n) is 4.37. The first-order chi connectivity index (χ1) is 10.1. The van der Waals surface area contributed by atoms with Gasteiger partial charge in [0.1, 0.15) is 16.4 Å². The minimum atomic E-state index is -0.196. The van der Waals surface area contributed by atoms with Gasteiger partial charge in [-0.05, 0) is 19.4 Å². The van der Waals surface area contributed by atoms with Gasteiger partial charge < -0.3 is 4.74 Å². The Morgan fingerprint density at radius 1 is 1.14 bits per heavy atom.